The van der Waals surface area contributed by atoms with Gasteiger partial charge in [-0.3, -0.25) is 0 Å². The first-order chi connectivity index (χ1) is 5.85. The Morgan fingerprint density at radius 2 is 1.77 bits per heavy atom. The van der Waals surface area contributed by atoms with Gasteiger partial charge in [0.1, 0.15) is 5.60 Å². The first-order valence-corrected chi connectivity index (χ1v) is 4.47. The highest BCUT2D eigenvalue weighted by Gasteiger charge is 2.66. The molecule has 1 fully saturated rings. The molecule has 2 heteroatoms. The smallest absolute Gasteiger partial charge is 0.335 e. The fourth-order valence-corrected chi connectivity index (χ4v) is 2.55. The molecule has 0 unspecified atom stereocenters. The van der Waals surface area contributed by atoms with E-state index >= 15 is 0 Å². The largest absolute Gasteiger partial charge is 0.450 e. The van der Waals surface area contributed by atoms with Gasteiger partial charge in [0.25, 0.3) is 0 Å². The number of hydrogen-bond acceptors (Lipinski definition) is 2. The second-order valence-electron chi connectivity index (χ2n) is 4.28. The molecule has 0 aromatic carbocycles. The normalized spacial score (nSPS) is 43.1. The Bertz CT molecular complexity index is 364. The van der Waals surface area contributed by atoms with E-state index in [4.69, 9.17) is 4.74 Å². The molecule has 1 heterocycles. The molecule has 2 aliphatic rings. The molecule has 0 aromatic heterocycles. The zero-order valence-corrected chi connectivity index (χ0v) is 8.52. The number of carbonyl (C=O) groups is 1. The maximum atomic E-state index is 11.4. The molecule has 0 radical (unpaired) electrons. The summed E-state index contributed by atoms with van der Waals surface area (Å²) in [6, 6.07) is 0. The first-order valence-electron chi connectivity index (χ1n) is 4.47. The summed E-state index contributed by atoms with van der Waals surface area (Å²) in [5.41, 5.74) is 2.31. The predicted molar refractivity (Wildman–Crippen MR) is 50.1 cm³/mol. The summed E-state index contributed by atoms with van der Waals surface area (Å²) in [7, 11) is 0. The number of carbonyl (C=O) groups excluding carboxylic acids is 1. The van der Waals surface area contributed by atoms with Crippen LogP contribution in [-0.2, 0) is 9.53 Å². The molecule has 0 bridgehead atoms. The fraction of sp³-hybridized carbons (Fsp3) is 0.545. The van der Waals surface area contributed by atoms with Crippen molar-refractivity contribution in [2.45, 2.75) is 33.3 Å². The summed E-state index contributed by atoms with van der Waals surface area (Å²) >= 11 is 0. The van der Waals surface area contributed by atoms with Crippen LogP contribution in [0.1, 0.15) is 27.7 Å². The molecule has 70 valence electrons. The molecule has 13 heavy (non-hydrogen) atoms. The zero-order valence-electron chi connectivity index (χ0n) is 8.52. The van der Waals surface area contributed by atoms with Gasteiger partial charge < -0.3 is 4.74 Å². The second-order valence-corrected chi connectivity index (χ2v) is 4.28. The summed E-state index contributed by atoms with van der Waals surface area (Å²) < 4.78 is 5.35. The number of hydrogen-bond donors (Lipinski definition) is 0. The number of ether oxygens (including phenoxy) is 1. The monoisotopic (exact) mass is 178 g/mol. The van der Waals surface area contributed by atoms with Crippen LogP contribution >= 0.6 is 0 Å². The molecule has 0 spiro atoms. The van der Waals surface area contributed by atoms with Crippen molar-refractivity contribution < 1.29 is 9.53 Å². The van der Waals surface area contributed by atoms with Crippen LogP contribution in [0.25, 0.3) is 0 Å². The van der Waals surface area contributed by atoms with E-state index < -0.39 is 5.60 Å². The van der Waals surface area contributed by atoms with E-state index in [-0.39, 0.29) is 11.4 Å². The van der Waals surface area contributed by atoms with Crippen LogP contribution in [0.3, 0.4) is 0 Å². The van der Waals surface area contributed by atoms with Crippen molar-refractivity contribution >= 4 is 5.97 Å². The van der Waals surface area contributed by atoms with Crippen molar-refractivity contribution in [3.63, 3.8) is 0 Å². The lowest BCUT2D eigenvalue weighted by atomic mass is 9.54. The highest BCUT2D eigenvalue weighted by Crippen LogP contribution is 2.63. The highest BCUT2D eigenvalue weighted by atomic mass is 16.6. The van der Waals surface area contributed by atoms with E-state index in [1.165, 1.54) is 11.1 Å². The lowest BCUT2D eigenvalue weighted by Gasteiger charge is -2.50. The second kappa shape index (κ2) is 1.89. The minimum absolute atomic E-state index is 0.249. The van der Waals surface area contributed by atoms with Crippen molar-refractivity contribution in [2.75, 3.05) is 0 Å². The summed E-state index contributed by atoms with van der Waals surface area (Å²) in [5.74, 6) is -0.249. The van der Waals surface area contributed by atoms with Gasteiger partial charge >= 0.3 is 5.97 Å². The maximum absolute atomic E-state index is 11.4. The van der Waals surface area contributed by atoms with Gasteiger partial charge in [0.15, 0.2) is 0 Å². The average molecular weight is 178 g/mol. The Labute approximate surface area is 78.3 Å². The molecule has 0 N–H and O–H groups in total. The van der Waals surface area contributed by atoms with Crippen LogP contribution in [-0.4, -0.2) is 11.6 Å². The van der Waals surface area contributed by atoms with Gasteiger partial charge in [0, 0.05) is 5.57 Å². The summed E-state index contributed by atoms with van der Waals surface area (Å²) in [4.78, 5) is 11.4. The SMILES string of the molecule is C=C1C(=O)O[C@@]2(C)C(C)=C(C)[C@]12C. The van der Waals surface area contributed by atoms with Crippen LogP contribution < -0.4 is 0 Å². The summed E-state index contributed by atoms with van der Waals surface area (Å²) in [6.45, 7) is 11.9. The zero-order chi connectivity index (χ0) is 10.0. The standard InChI is InChI=1S/C11H14O2/c1-6-7(2)11(5)10(6,4)8(3)9(12)13-11/h3H2,1-2,4-5H3/t10-,11+/m1/s1. The van der Waals surface area contributed by atoms with Crippen LogP contribution in [0.2, 0.25) is 0 Å². The first kappa shape index (κ1) is 8.54. The molecular weight excluding hydrogens is 164 g/mol. The van der Waals surface area contributed by atoms with Crippen LogP contribution in [0, 0.1) is 5.41 Å². The molecule has 1 saturated heterocycles. The van der Waals surface area contributed by atoms with Gasteiger partial charge in [0.2, 0.25) is 0 Å². The Hall–Kier alpha value is -1.05. The van der Waals surface area contributed by atoms with Gasteiger partial charge in [-0.2, -0.15) is 0 Å². The number of fused-ring (bicyclic) bond motifs is 1. The quantitative estimate of drug-likeness (QED) is 0.323. The molecule has 2 atom stereocenters. The van der Waals surface area contributed by atoms with E-state index in [1.54, 1.807) is 0 Å². The minimum atomic E-state index is -0.425. The third-order valence-electron chi connectivity index (χ3n) is 4.13. The average Bonchev–Trinajstić information content (AvgIpc) is 2.26. The van der Waals surface area contributed by atoms with Crippen LogP contribution in [0.4, 0.5) is 0 Å². The number of rotatable bonds is 0. The lowest BCUT2D eigenvalue weighted by Crippen LogP contribution is -2.52. The minimum Gasteiger partial charge on any atom is -0.450 e. The van der Waals surface area contributed by atoms with Crippen molar-refractivity contribution in [2.24, 2.45) is 5.41 Å². The maximum Gasteiger partial charge on any atom is 0.335 e. The Kier molecular flexibility index (Phi) is 1.24. The van der Waals surface area contributed by atoms with Gasteiger partial charge in [-0.15, -0.1) is 0 Å². The third kappa shape index (κ3) is 0.578. The van der Waals surface area contributed by atoms with Gasteiger partial charge in [-0.25, -0.2) is 4.79 Å². The van der Waals surface area contributed by atoms with Crippen molar-refractivity contribution in [3.8, 4) is 0 Å². The lowest BCUT2D eigenvalue weighted by molar-refractivity contribution is -0.146. The van der Waals surface area contributed by atoms with E-state index in [1.807, 2.05) is 27.7 Å². The molecule has 2 nitrogen and oxygen atoms in total. The highest BCUT2D eigenvalue weighted by molar-refractivity contribution is 5.96. The van der Waals surface area contributed by atoms with E-state index in [0.717, 1.165) is 0 Å². The number of esters is 1. The molecular formula is C11H14O2. The van der Waals surface area contributed by atoms with Crippen LogP contribution in [0.15, 0.2) is 23.3 Å². The van der Waals surface area contributed by atoms with Crippen molar-refractivity contribution in [3.05, 3.63) is 23.3 Å². The molecule has 0 amide bonds. The molecule has 2 rings (SSSR count). The van der Waals surface area contributed by atoms with Gasteiger partial charge in [-0.05, 0) is 33.3 Å². The molecule has 0 aromatic rings. The van der Waals surface area contributed by atoms with Crippen molar-refractivity contribution in [1.82, 2.24) is 0 Å². The summed E-state index contributed by atoms with van der Waals surface area (Å²) in [6.07, 6.45) is 0. The van der Waals surface area contributed by atoms with E-state index in [2.05, 4.69) is 6.58 Å². The molecule has 1 aliphatic heterocycles. The third-order valence-corrected chi connectivity index (χ3v) is 4.13. The Morgan fingerprint density at radius 1 is 1.23 bits per heavy atom. The van der Waals surface area contributed by atoms with Crippen LogP contribution in [0.5, 0.6) is 0 Å². The van der Waals surface area contributed by atoms with E-state index in [9.17, 15) is 4.79 Å². The Morgan fingerprint density at radius 3 is 2.23 bits per heavy atom. The van der Waals surface area contributed by atoms with Gasteiger partial charge in [-0.1, -0.05) is 12.2 Å². The van der Waals surface area contributed by atoms with E-state index in [0.29, 0.717) is 5.57 Å². The topological polar surface area (TPSA) is 26.3 Å². The van der Waals surface area contributed by atoms with Gasteiger partial charge in [0.05, 0.1) is 5.41 Å². The molecule has 1 aliphatic carbocycles. The summed E-state index contributed by atoms with van der Waals surface area (Å²) in [5, 5.41) is 0. The predicted octanol–water partition coefficient (Wildman–Crippen LogP) is 2.21. The Balaban J connectivity index is 2.63. The molecule has 0 saturated carbocycles. The fourth-order valence-electron chi connectivity index (χ4n) is 2.55. The van der Waals surface area contributed by atoms with Crippen molar-refractivity contribution in [1.29, 1.82) is 0 Å².